The summed E-state index contributed by atoms with van der Waals surface area (Å²) < 4.78 is 73.1. The van der Waals surface area contributed by atoms with E-state index in [9.17, 15) is 26.7 Å². The van der Waals surface area contributed by atoms with Gasteiger partial charge in [-0.2, -0.15) is 0 Å². The number of rotatable bonds is 3. The van der Waals surface area contributed by atoms with Crippen LogP contribution >= 0.6 is 23.2 Å². The summed E-state index contributed by atoms with van der Waals surface area (Å²) in [5.74, 6) is -12.7. The van der Waals surface area contributed by atoms with Gasteiger partial charge in [-0.1, -0.05) is 23.2 Å². The smallest absolute Gasteiger partial charge is 0.261 e. The molecule has 0 fully saturated rings. The van der Waals surface area contributed by atoms with Crippen LogP contribution in [0.1, 0.15) is 10.4 Å². The van der Waals surface area contributed by atoms with Crippen molar-refractivity contribution in [3.63, 3.8) is 0 Å². The molecule has 1 heterocycles. The van der Waals surface area contributed by atoms with E-state index in [1.54, 1.807) is 12.1 Å². The molecule has 1 amide bonds. The molecule has 0 atom stereocenters. The Morgan fingerprint density at radius 3 is 2.19 bits per heavy atom. The summed E-state index contributed by atoms with van der Waals surface area (Å²) >= 11 is 12.1. The average Bonchev–Trinajstić information content (AvgIpc) is 3.16. The molecule has 0 radical (unpaired) electrons. The Kier molecular flexibility index (Phi) is 5.32. The number of nitrogens with zero attached hydrogens (tertiary/aromatic N) is 1. The van der Waals surface area contributed by atoms with E-state index < -0.39 is 40.6 Å². The lowest BCUT2D eigenvalue weighted by Gasteiger charge is -2.09. The minimum absolute atomic E-state index is 0.0292. The summed E-state index contributed by atoms with van der Waals surface area (Å²) in [5, 5.41) is 2.77. The average molecular weight is 473 g/mol. The lowest BCUT2D eigenvalue weighted by molar-refractivity contribution is 0.101. The van der Waals surface area contributed by atoms with Crippen LogP contribution in [0.25, 0.3) is 22.6 Å². The van der Waals surface area contributed by atoms with Crippen molar-refractivity contribution >= 4 is 45.9 Å². The zero-order chi connectivity index (χ0) is 22.4. The van der Waals surface area contributed by atoms with Gasteiger partial charge in [0, 0.05) is 10.7 Å². The van der Waals surface area contributed by atoms with Crippen LogP contribution in [0.2, 0.25) is 10.0 Å². The molecule has 0 aliphatic rings. The Labute approximate surface area is 180 Å². The molecule has 158 valence electrons. The number of anilines is 1. The van der Waals surface area contributed by atoms with Crippen molar-refractivity contribution in [2.45, 2.75) is 0 Å². The zero-order valence-electron chi connectivity index (χ0n) is 14.9. The summed E-state index contributed by atoms with van der Waals surface area (Å²) in [6.07, 6.45) is 0. The number of carbonyl (C=O) groups is 1. The van der Waals surface area contributed by atoms with Gasteiger partial charge in [-0.3, -0.25) is 4.79 Å². The van der Waals surface area contributed by atoms with Crippen LogP contribution in [0.5, 0.6) is 0 Å². The minimum Gasteiger partial charge on any atom is -0.436 e. The first kappa shape index (κ1) is 21.1. The molecule has 0 unspecified atom stereocenters. The minimum atomic E-state index is -2.36. The van der Waals surface area contributed by atoms with Gasteiger partial charge in [-0.15, -0.1) is 0 Å². The summed E-state index contributed by atoms with van der Waals surface area (Å²) in [5.41, 5.74) is -0.736. The molecule has 4 rings (SSSR count). The number of fused-ring (bicyclic) bond motifs is 1. The van der Waals surface area contributed by atoms with Crippen molar-refractivity contribution in [1.29, 1.82) is 0 Å². The highest BCUT2D eigenvalue weighted by atomic mass is 35.5. The number of amides is 1. The van der Waals surface area contributed by atoms with Crippen LogP contribution < -0.4 is 5.32 Å². The molecule has 0 spiro atoms. The van der Waals surface area contributed by atoms with E-state index in [-0.39, 0.29) is 22.7 Å². The molecule has 0 aliphatic heterocycles. The number of hydrogen-bond acceptors (Lipinski definition) is 3. The Morgan fingerprint density at radius 1 is 0.871 bits per heavy atom. The van der Waals surface area contributed by atoms with Gasteiger partial charge in [-0.05, 0) is 36.4 Å². The summed E-state index contributed by atoms with van der Waals surface area (Å²) in [7, 11) is 0. The number of oxazole rings is 1. The van der Waals surface area contributed by atoms with E-state index in [0.29, 0.717) is 15.6 Å². The van der Waals surface area contributed by atoms with Crippen LogP contribution in [0.15, 0.2) is 40.8 Å². The molecule has 0 bridgehead atoms. The van der Waals surface area contributed by atoms with Crippen molar-refractivity contribution in [3.8, 4) is 11.5 Å². The highest BCUT2D eigenvalue weighted by Crippen LogP contribution is 2.33. The SMILES string of the molecule is O=C(Nc1ccc2oc(-c3cc(Cl)ccc3Cl)nc2c1)c1c(F)c(F)c(F)c(F)c1F. The molecule has 0 saturated heterocycles. The van der Waals surface area contributed by atoms with Gasteiger partial charge < -0.3 is 9.73 Å². The van der Waals surface area contributed by atoms with E-state index in [1.807, 2.05) is 0 Å². The summed E-state index contributed by atoms with van der Waals surface area (Å²) in [4.78, 5) is 16.4. The lowest BCUT2D eigenvalue weighted by Crippen LogP contribution is -2.19. The molecule has 4 aromatic rings. The first-order valence-electron chi connectivity index (χ1n) is 8.36. The molecule has 1 N–H and O–H groups in total. The Hall–Kier alpha value is -3.17. The molecule has 4 nitrogen and oxygen atoms in total. The van der Waals surface area contributed by atoms with Crippen molar-refractivity contribution < 1.29 is 31.2 Å². The summed E-state index contributed by atoms with van der Waals surface area (Å²) in [6, 6.07) is 8.61. The molecule has 1 aromatic heterocycles. The van der Waals surface area contributed by atoms with Crippen LogP contribution in [-0.2, 0) is 0 Å². The molecular formula is C20H7Cl2F5N2O2. The van der Waals surface area contributed by atoms with Gasteiger partial charge >= 0.3 is 0 Å². The molecule has 31 heavy (non-hydrogen) atoms. The van der Waals surface area contributed by atoms with Gasteiger partial charge in [0.25, 0.3) is 5.91 Å². The van der Waals surface area contributed by atoms with Crippen molar-refractivity contribution in [2.75, 3.05) is 5.32 Å². The Morgan fingerprint density at radius 2 is 1.52 bits per heavy atom. The fraction of sp³-hybridized carbons (Fsp3) is 0. The molecule has 0 saturated carbocycles. The normalized spacial score (nSPS) is 11.2. The lowest BCUT2D eigenvalue weighted by atomic mass is 10.1. The third-order valence-electron chi connectivity index (χ3n) is 4.24. The fourth-order valence-electron chi connectivity index (χ4n) is 2.78. The number of carbonyl (C=O) groups excluding carboxylic acids is 1. The second kappa shape index (κ2) is 7.82. The second-order valence-corrected chi connectivity index (χ2v) is 7.07. The van der Waals surface area contributed by atoms with E-state index in [4.69, 9.17) is 27.6 Å². The van der Waals surface area contributed by atoms with Gasteiger partial charge in [0.2, 0.25) is 11.7 Å². The first-order valence-corrected chi connectivity index (χ1v) is 9.11. The highest BCUT2D eigenvalue weighted by Gasteiger charge is 2.29. The Balaban J connectivity index is 1.69. The van der Waals surface area contributed by atoms with Crippen molar-refractivity contribution in [1.82, 2.24) is 4.98 Å². The second-order valence-electron chi connectivity index (χ2n) is 6.22. The Bertz CT molecular complexity index is 1340. The molecule has 3 aromatic carbocycles. The molecule has 11 heteroatoms. The van der Waals surface area contributed by atoms with Crippen LogP contribution in [-0.4, -0.2) is 10.9 Å². The fourth-order valence-corrected chi connectivity index (χ4v) is 3.15. The van der Waals surface area contributed by atoms with Crippen molar-refractivity contribution in [3.05, 3.63) is 81.1 Å². The maximum absolute atomic E-state index is 13.8. The number of benzene rings is 3. The maximum atomic E-state index is 13.8. The van der Waals surface area contributed by atoms with Gasteiger partial charge in [0.1, 0.15) is 11.1 Å². The van der Waals surface area contributed by atoms with E-state index in [2.05, 4.69) is 10.3 Å². The van der Waals surface area contributed by atoms with E-state index in [1.165, 1.54) is 24.3 Å². The van der Waals surface area contributed by atoms with Gasteiger partial charge in [-0.25, -0.2) is 26.9 Å². The number of nitrogens with one attached hydrogen (secondary N) is 1. The number of aromatic nitrogens is 1. The predicted molar refractivity (Wildman–Crippen MR) is 104 cm³/mol. The van der Waals surface area contributed by atoms with E-state index >= 15 is 0 Å². The largest absolute Gasteiger partial charge is 0.436 e. The zero-order valence-corrected chi connectivity index (χ0v) is 16.4. The van der Waals surface area contributed by atoms with Crippen LogP contribution in [0.4, 0.5) is 27.6 Å². The predicted octanol–water partition coefficient (Wildman–Crippen LogP) is 6.75. The monoisotopic (exact) mass is 472 g/mol. The number of halogens is 7. The van der Waals surface area contributed by atoms with Crippen LogP contribution in [0.3, 0.4) is 0 Å². The van der Waals surface area contributed by atoms with Crippen molar-refractivity contribution in [2.24, 2.45) is 0 Å². The van der Waals surface area contributed by atoms with Gasteiger partial charge in [0.15, 0.2) is 28.9 Å². The van der Waals surface area contributed by atoms with Gasteiger partial charge in [0.05, 0.1) is 10.6 Å². The maximum Gasteiger partial charge on any atom is 0.261 e. The standard InChI is InChI=1S/C20H7Cl2F5N2O2/c21-7-1-3-10(22)9(5-7)20-29-11-6-8(2-4-12(11)31-20)28-19(30)13-14(23)16(25)18(27)17(26)15(13)24/h1-6H,(H,28,30). The van der Waals surface area contributed by atoms with E-state index in [0.717, 1.165) is 0 Å². The highest BCUT2D eigenvalue weighted by molar-refractivity contribution is 6.35. The third kappa shape index (κ3) is 3.70. The number of hydrogen-bond donors (Lipinski definition) is 1. The topological polar surface area (TPSA) is 55.1 Å². The first-order chi connectivity index (χ1) is 14.7. The molecular weight excluding hydrogens is 466 g/mol. The molecule has 0 aliphatic carbocycles. The quantitative estimate of drug-likeness (QED) is 0.204. The third-order valence-corrected chi connectivity index (χ3v) is 4.81. The van der Waals surface area contributed by atoms with Crippen LogP contribution in [0, 0.1) is 29.1 Å². The summed E-state index contributed by atoms with van der Waals surface area (Å²) in [6.45, 7) is 0.